The zero-order valence-corrected chi connectivity index (χ0v) is 10.1. The van der Waals surface area contributed by atoms with Crippen molar-refractivity contribution in [3.8, 4) is 5.75 Å². The topological polar surface area (TPSA) is 47.3 Å². The number of rotatable bonds is 3. The van der Waals surface area contributed by atoms with Crippen molar-refractivity contribution >= 4 is 0 Å². The van der Waals surface area contributed by atoms with Crippen LogP contribution in [0.15, 0.2) is 18.2 Å². The lowest BCUT2D eigenvalue weighted by atomic mass is 9.86. The van der Waals surface area contributed by atoms with Gasteiger partial charge >= 0.3 is 0 Å². The average molecular weight is 238 g/mol. The van der Waals surface area contributed by atoms with Crippen LogP contribution in [0.5, 0.6) is 5.75 Å². The molecule has 0 radical (unpaired) electrons. The average Bonchev–Trinajstić information content (AvgIpc) is 2.38. The summed E-state index contributed by atoms with van der Waals surface area (Å²) in [5.74, 6) is 0.347. The first-order valence-electron chi connectivity index (χ1n) is 6.02. The third kappa shape index (κ3) is 2.58. The van der Waals surface area contributed by atoms with E-state index in [2.05, 4.69) is 5.32 Å². The summed E-state index contributed by atoms with van der Waals surface area (Å²) < 4.78 is 18.7. The van der Waals surface area contributed by atoms with E-state index in [4.69, 9.17) is 10.5 Å². The van der Waals surface area contributed by atoms with Gasteiger partial charge in [0.1, 0.15) is 0 Å². The minimum absolute atomic E-state index is 0.150. The molecule has 1 aliphatic rings. The molecule has 1 aromatic rings. The number of methoxy groups -OCH3 is 1. The highest BCUT2D eigenvalue weighted by Gasteiger charge is 2.25. The minimum atomic E-state index is -0.339. The molecule has 0 spiro atoms. The van der Waals surface area contributed by atoms with E-state index >= 15 is 0 Å². The molecule has 0 bridgehead atoms. The van der Waals surface area contributed by atoms with Gasteiger partial charge in [0.05, 0.1) is 7.11 Å². The van der Waals surface area contributed by atoms with Gasteiger partial charge in [-0.3, -0.25) is 0 Å². The van der Waals surface area contributed by atoms with Crippen molar-refractivity contribution in [3.05, 3.63) is 29.6 Å². The van der Waals surface area contributed by atoms with Crippen molar-refractivity contribution in [3.63, 3.8) is 0 Å². The molecule has 0 aliphatic carbocycles. The van der Waals surface area contributed by atoms with E-state index in [1.807, 2.05) is 6.07 Å². The van der Waals surface area contributed by atoms with Gasteiger partial charge in [0, 0.05) is 11.6 Å². The molecular weight excluding hydrogens is 219 g/mol. The van der Waals surface area contributed by atoms with Gasteiger partial charge in [-0.1, -0.05) is 12.1 Å². The van der Waals surface area contributed by atoms with Crippen LogP contribution in [-0.4, -0.2) is 20.2 Å². The molecule has 0 saturated carbocycles. The Hall–Kier alpha value is -1.13. The predicted molar refractivity (Wildman–Crippen MR) is 65.5 cm³/mol. The normalized spacial score (nSPS) is 19.0. The number of piperidine rings is 1. The highest BCUT2D eigenvalue weighted by atomic mass is 19.1. The van der Waals surface area contributed by atoms with Crippen LogP contribution in [0.3, 0.4) is 0 Å². The van der Waals surface area contributed by atoms with E-state index in [1.54, 1.807) is 6.07 Å². The number of nitrogens with one attached hydrogen (secondary N) is 1. The number of halogens is 1. The predicted octanol–water partition coefficient (Wildman–Crippen LogP) is 1.83. The van der Waals surface area contributed by atoms with Crippen LogP contribution >= 0.6 is 0 Å². The Morgan fingerprint density at radius 2 is 2.12 bits per heavy atom. The SMILES string of the molecule is COc1c(F)cccc1[C@H](N)C1CCNCC1. The van der Waals surface area contributed by atoms with Crippen molar-refractivity contribution in [2.45, 2.75) is 18.9 Å². The van der Waals surface area contributed by atoms with Crippen LogP contribution in [0, 0.1) is 11.7 Å². The molecule has 4 heteroatoms. The summed E-state index contributed by atoms with van der Waals surface area (Å²) in [7, 11) is 1.48. The molecular formula is C13H19FN2O. The molecule has 3 N–H and O–H groups in total. The number of hydrogen-bond acceptors (Lipinski definition) is 3. The van der Waals surface area contributed by atoms with Crippen molar-refractivity contribution < 1.29 is 9.13 Å². The monoisotopic (exact) mass is 238 g/mol. The number of benzene rings is 1. The standard InChI is InChI=1S/C13H19FN2O/c1-17-13-10(3-2-4-11(13)14)12(15)9-5-7-16-8-6-9/h2-4,9,12,16H,5-8,15H2,1H3/t12-/m1/s1. The molecule has 0 unspecified atom stereocenters. The summed E-state index contributed by atoms with van der Waals surface area (Å²) in [5, 5.41) is 3.30. The van der Waals surface area contributed by atoms with E-state index in [9.17, 15) is 4.39 Å². The molecule has 1 fully saturated rings. The second-order valence-corrected chi connectivity index (χ2v) is 4.48. The summed E-state index contributed by atoms with van der Waals surface area (Å²) in [6, 6.07) is 4.79. The maximum Gasteiger partial charge on any atom is 0.165 e. The Balaban J connectivity index is 2.23. The molecule has 1 heterocycles. The van der Waals surface area contributed by atoms with E-state index in [0.29, 0.717) is 11.7 Å². The molecule has 0 aromatic heterocycles. The van der Waals surface area contributed by atoms with E-state index in [0.717, 1.165) is 31.5 Å². The van der Waals surface area contributed by atoms with Gasteiger partial charge in [0.15, 0.2) is 11.6 Å². The molecule has 94 valence electrons. The summed E-state index contributed by atoms with van der Waals surface area (Å²) >= 11 is 0. The quantitative estimate of drug-likeness (QED) is 0.844. The molecule has 2 rings (SSSR count). The Morgan fingerprint density at radius 1 is 1.41 bits per heavy atom. The molecule has 17 heavy (non-hydrogen) atoms. The van der Waals surface area contributed by atoms with Crippen LogP contribution in [0.2, 0.25) is 0 Å². The van der Waals surface area contributed by atoms with Gasteiger partial charge in [0.2, 0.25) is 0 Å². The first-order chi connectivity index (χ1) is 8.24. The smallest absolute Gasteiger partial charge is 0.165 e. The highest BCUT2D eigenvalue weighted by molar-refractivity contribution is 5.37. The van der Waals surface area contributed by atoms with Gasteiger partial charge in [-0.15, -0.1) is 0 Å². The number of ether oxygens (including phenoxy) is 1. The van der Waals surface area contributed by atoms with Gasteiger partial charge < -0.3 is 15.8 Å². The lowest BCUT2D eigenvalue weighted by molar-refractivity contribution is 0.309. The Morgan fingerprint density at radius 3 is 2.76 bits per heavy atom. The minimum Gasteiger partial charge on any atom is -0.493 e. The molecule has 3 nitrogen and oxygen atoms in total. The largest absolute Gasteiger partial charge is 0.493 e. The number of para-hydroxylation sites is 1. The zero-order chi connectivity index (χ0) is 12.3. The molecule has 1 atom stereocenters. The maximum atomic E-state index is 13.6. The van der Waals surface area contributed by atoms with E-state index in [-0.39, 0.29) is 11.9 Å². The number of hydrogen-bond donors (Lipinski definition) is 2. The molecule has 0 amide bonds. The molecule has 1 aromatic carbocycles. The summed E-state index contributed by atoms with van der Waals surface area (Å²) in [6.45, 7) is 1.96. The fourth-order valence-electron chi connectivity index (χ4n) is 2.46. The second-order valence-electron chi connectivity index (χ2n) is 4.48. The fraction of sp³-hybridized carbons (Fsp3) is 0.538. The fourth-order valence-corrected chi connectivity index (χ4v) is 2.46. The van der Waals surface area contributed by atoms with E-state index < -0.39 is 0 Å². The first-order valence-corrected chi connectivity index (χ1v) is 6.02. The zero-order valence-electron chi connectivity index (χ0n) is 10.1. The third-order valence-electron chi connectivity index (χ3n) is 3.45. The van der Waals surface area contributed by atoms with Gasteiger partial charge in [-0.05, 0) is 37.9 Å². The third-order valence-corrected chi connectivity index (χ3v) is 3.45. The lowest BCUT2D eigenvalue weighted by Crippen LogP contribution is -2.34. The summed E-state index contributed by atoms with van der Waals surface area (Å²) in [5.41, 5.74) is 7.02. The molecule has 1 aliphatic heterocycles. The number of nitrogens with two attached hydrogens (primary N) is 1. The van der Waals surface area contributed by atoms with Gasteiger partial charge in [-0.2, -0.15) is 0 Å². The van der Waals surface area contributed by atoms with Crippen LogP contribution in [0.25, 0.3) is 0 Å². The van der Waals surface area contributed by atoms with Crippen molar-refractivity contribution in [1.82, 2.24) is 5.32 Å². The van der Waals surface area contributed by atoms with Crippen molar-refractivity contribution in [2.24, 2.45) is 11.7 Å². The van der Waals surface area contributed by atoms with Crippen LogP contribution in [-0.2, 0) is 0 Å². The summed E-state index contributed by atoms with van der Waals surface area (Å²) in [4.78, 5) is 0. The van der Waals surface area contributed by atoms with Gasteiger partial charge in [-0.25, -0.2) is 4.39 Å². The van der Waals surface area contributed by atoms with E-state index in [1.165, 1.54) is 13.2 Å². The van der Waals surface area contributed by atoms with Crippen molar-refractivity contribution in [2.75, 3.05) is 20.2 Å². The Kier molecular flexibility index (Phi) is 3.97. The Labute approximate surface area is 101 Å². The molecule has 1 saturated heterocycles. The van der Waals surface area contributed by atoms with Crippen LogP contribution in [0.1, 0.15) is 24.4 Å². The first kappa shape index (κ1) is 12.3. The Bertz CT molecular complexity index is 378. The van der Waals surface area contributed by atoms with Crippen LogP contribution in [0.4, 0.5) is 4.39 Å². The maximum absolute atomic E-state index is 13.6. The van der Waals surface area contributed by atoms with Gasteiger partial charge in [0.25, 0.3) is 0 Å². The lowest BCUT2D eigenvalue weighted by Gasteiger charge is -2.29. The highest BCUT2D eigenvalue weighted by Crippen LogP contribution is 2.33. The second kappa shape index (κ2) is 5.47. The summed E-state index contributed by atoms with van der Waals surface area (Å²) in [6.07, 6.45) is 2.06. The van der Waals surface area contributed by atoms with Crippen LogP contribution < -0.4 is 15.8 Å². The van der Waals surface area contributed by atoms with Crippen molar-refractivity contribution in [1.29, 1.82) is 0 Å².